The average Bonchev–Trinajstić information content (AvgIpc) is 2.94. The van der Waals surface area contributed by atoms with Crippen molar-refractivity contribution in [1.29, 1.82) is 5.26 Å². The van der Waals surface area contributed by atoms with Crippen LogP contribution in [0.15, 0.2) is 60.7 Å². The van der Waals surface area contributed by atoms with Gasteiger partial charge >= 0.3 is 6.18 Å². The van der Waals surface area contributed by atoms with E-state index in [1.165, 1.54) is 0 Å². The van der Waals surface area contributed by atoms with Gasteiger partial charge in [-0.25, -0.2) is 0 Å². The van der Waals surface area contributed by atoms with Crippen LogP contribution < -0.4 is 17.0 Å². The minimum atomic E-state index is -4.08. The predicted molar refractivity (Wildman–Crippen MR) is 120 cm³/mol. The van der Waals surface area contributed by atoms with E-state index < -0.39 is 18.0 Å². The summed E-state index contributed by atoms with van der Waals surface area (Å²) in [7, 11) is 2.17. The lowest BCUT2D eigenvalue weighted by Gasteiger charge is -2.48. The van der Waals surface area contributed by atoms with Crippen molar-refractivity contribution in [2.75, 3.05) is 13.6 Å². The molecule has 0 N–H and O–H groups in total. The first-order chi connectivity index (χ1) is 15.3. The summed E-state index contributed by atoms with van der Waals surface area (Å²) in [5.74, 6) is 0.390. The molecule has 0 aromatic heterocycles. The molecule has 0 spiro atoms. The summed E-state index contributed by atoms with van der Waals surface area (Å²) in [6.45, 7) is 0.600. The molecule has 2 unspecified atom stereocenters. The molecule has 2 aromatic carbocycles. The molecule has 2 aliphatic rings. The first kappa shape index (κ1) is 25.8. The second-order valence-corrected chi connectivity index (χ2v) is 9.96. The maximum atomic E-state index is 12.7. The third-order valence-corrected chi connectivity index (χ3v) is 8.13. The molecule has 0 radical (unpaired) electrons. The van der Waals surface area contributed by atoms with Crippen LogP contribution in [0.25, 0.3) is 0 Å². The summed E-state index contributed by atoms with van der Waals surface area (Å²) in [5, 5.41) is 10.5. The molecule has 2 heterocycles. The van der Waals surface area contributed by atoms with Crippen LogP contribution in [0.2, 0.25) is 0 Å². The summed E-state index contributed by atoms with van der Waals surface area (Å²) in [5.41, 5.74) is 1.34. The topological polar surface area (TPSA) is 23.8 Å². The summed E-state index contributed by atoms with van der Waals surface area (Å²) in [4.78, 5) is 0. The Morgan fingerprint density at radius 3 is 1.82 bits per heavy atom. The van der Waals surface area contributed by atoms with Crippen LogP contribution >= 0.6 is 0 Å². The van der Waals surface area contributed by atoms with E-state index in [0.29, 0.717) is 24.5 Å². The zero-order chi connectivity index (χ0) is 22.8. The Bertz CT molecular complexity index is 886. The maximum Gasteiger partial charge on any atom is 0.389 e. The predicted octanol–water partition coefficient (Wildman–Crippen LogP) is 3.62. The third kappa shape index (κ3) is 5.30. The van der Waals surface area contributed by atoms with E-state index in [4.69, 9.17) is 0 Å². The van der Waals surface area contributed by atoms with Gasteiger partial charge in [-0.3, -0.25) is 0 Å². The summed E-state index contributed by atoms with van der Waals surface area (Å²) in [6, 6.07) is 23.6. The lowest BCUT2D eigenvalue weighted by Crippen LogP contribution is -3.00. The van der Waals surface area contributed by atoms with E-state index >= 15 is 0 Å². The summed E-state index contributed by atoms with van der Waals surface area (Å²) >= 11 is 0. The van der Waals surface area contributed by atoms with Crippen LogP contribution in [0.1, 0.15) is 56.1 Å². The molecule has 33 heavy (non-hydrogen) atoms. The molecule has 0 amide bonds. The van der Waals surface area contributed by atoms with Crippen molar-refractivity contribution in [1.82, 2.24) is 0 Å². The summed E-state index contributed by atoms with van der Waals surface area (Å²) < 4.78 is 38.9. The van der Waals surface area contributed by atoms with Gasteiger partial charge < -0.3 is 21.5 Å². The number of hydrogen-bond acceptors (Lipinski definition) is 1. The van der Waals surface area contributed by atoms with E-state index in [-0.39, 0.29) is 23.4 Å². The number of nitrogens with zero attached hydrogens (tertiary/aromatic N) is 2. The van der Waals surface area contributed by atoms with E-state index in [9.17, 15) is 18.4 Å². The monoisotopic (exact) mass is 520 g/mol. The molecular formula is C27H32BrF3N2. The minimum absolute atomic E-state index is 0. The normalized spacial score (nSPS) is 26.9. The molecule has 4 atom stereocenters. The Hall–Kier alpha value is -1.84. The minimum Gasteiger partial charge on any atom is -1.00 e. The molecule has 0 aliphatic carbocycles. The largest absolute Gasteiger partial charge is 1.00 e. The number of fused-ring (bicyclic) bond motifs is 2. The fourth-order valence-electron chi connectivity index (χ4n) is 6.46. The first-order valence-corrected chi connectivity index (χ1v) is 11.7. The van der Waals surface area contributed by atoms with Gasteiger partial charge in [0.15, 0.2) is 0 Å². The van der Waals surface area contributed by atoms with Gasteiger partial charge in [0.25, 0.3) is 0 Å². The van der Waals surface area contributed by atoms with Gasteiger partial charge in [0, 0.05) is 38.5 Å². The first-order valence-electron chi connectivity index (χ1n) is 11.7. The van der Waals surface area contributed by atoms with Crippen molar-refractivity contribution in [3.63, 3.8) is 0 Å². The van der Waals surface area contributed by atoms with E-state index in [1.807, 2.05) is 60.7 Å². The number of piperidine rings is 1. The van der Waals surface area contributed by atoms with Crippen molar-refractivity contribution in [3.8, 4) is 6.07 Å². The van der Waals surface area contributed by atoms with E-state index in [0.717, 1.165) is 47.7 Å². The Morgan fingerprint density at radius 2 is 1.39 bits per heavy atom. The van der Waals surface area contributed by atoms with Crippen LogP contribution in [0.4, 0.5) is 13.2 Å². The number of alkyl halides is 3. The van der Waals surface area contributed by atoms with Crippen molar-refractivity contribution >= 4 is 0 Å². The van der Waals surface area contributed by atoms with Crippen LogP contribution in [-0.2, 0) is 5.41 Å². The molecule has 2 aliphatic heterocycles. The maximum absolute atomic E-state index is 12.7. The molecule has 2 nitrogen and oxygen atoms in total. The highest BCUT2D eigenvalue weighted by molar-refractivity contribution is 5.45. The van der Waals surface area contributed by atoms with Crippen molar-refractivity contribution in [2.24, 2.45) is 5.92 Å². The Balaban J connectivity index is 0.00000306. The molecule has 2 saturated heterocycles. The Morgan fingerprint density at radius 1 is 0.909 bits per heavy atom. The second-order valence-electron chi connectivity index (χ2n) is 9.96. The number of halogens is 4. The zero-order valence-electron chi connectivity index (χ0n) is 19.1. The molecule has 2 fully saturated rings. The molecule has 2 aromatic rings. The molecule has 6 heteroatoms. The number of nitriles is 1. The molecule has 2 bridgehead atoms. The third-order valence-electron chi connectivity index (χ3n) is 8.13. The van der Waals surface area contributed by atoms with Gasteiger partial charge in [-0.15, -0.1) is 0 Å². The second kappa shape index (κ2) is 10.2. The van der Waals surface area contributed by atoms with E-state index in [1.54, 1.807) is 0 Å². The van der Waals surface area contributed by atoms with Crippen LogP contribution in [0.3, 0.4) is 0 Å². The Labute approximate surface area is 205 Å². The fraction of sp³-hybridized carbons (Fsp3) is 0.519. The van der Waals surface area contributed by atoms with Gasteiger partial charge in [0.1, 0.15) is 5.41 Å². The smallest absolute Gasteiger partial charge is 0.389 e. The lowest BCUT2D eigenvalue weighted by atomic mass is 9.67. The van der Waals surface area contributed by atoms with Gasteiger partial charge in [0.05, 0.1) is 31.7 Å². The average molecular weight is 521 g/mol. The molecular weight excluding hydrogens is 489 g/mol. The highest BCUT2D eigenvalue weighted by Gasteiger charge is 2.52. The molecule has 178 valence electrons. The highest BCUT2D eigenvalue weighted by Crippen LogP contribution is 2.49. The van der Waals surface area contributed by atoms with Crippen LogP contribution in [0.5, 0.6) is 0 Å². The van der Waals surface area contributed by atoms with Crippen LogP contribution in [-0.4, -0.2) is 36.3 Å². The zero-order valence-corrected chi connectivity index (χ0v) is 20.7. The van der Waals surface area contributed by atoms with Crippen molar-refractivity contribution in [2.45, 2.75) is 68.6 Å². The molecule has 4 rings (SSSR count). The lowest BCUT2D eigenvalue weighted by molar-refractivity contribution is -0.949. The Kier molecular flexibility index (Phi) is 7.96. The SMILES string of the molecule is C[N+]1(CCCC(F)(F)F)[C@@H]2CC[C@H]1CC(CC(C#N)(c1ccccc1)c1ccccc1)C2.[Br-]. The van der Waals surface area contributed by atoms with Gasteiger partial charge in [-0.05, 0) is 23.5 Å². The van der Waals surface area contributed by atoms with Crippen molar-refractivity contribution < 1.29 is 34.6 Å². The van der Waals surface area contributed by atoms with Gasteiger partial charge in [-0.2, -0.15) is 18.4 Å². The summed E-state index contributed by atoms with van der Waals surface area (Å²) in [6.07, 6.45) is 0.336. The van der Waals surface area contributed by atoms with Crippen LogP contribution in [0, 0.1) is 17.2 Å². The number of benzene rings is 2. The van der Waals surface area contributed by atoms with Crippen molar-refractivity contribution in [3.05, 3.63) is 71.8 Å². The van der Waals surface area contributed by atoms with Gasteiger partial charge in [-0.1, -0.05) is 60.7 Å². The van der Waals surface area contributed by atoms with Gasteiger partial charge in [0.2, 0.25) is 0 Å². The highest BCUT2D eigenvalue weighted by atomic mass is 79.9. The van der Waals surface area contributed by atoms with E-state index in [2.05, 4.69) is 13.1 Å². The number of rotatable bonds is 7. The number of quaternary nitrogens is 1. The number of hydrogen-bond donors (Lipinski definition) is 0. The standard InChI is InChI=1S/C27H32F3N2.BrH/c1-32(16-8-15-27(28,29)30)24-13-14-25(32)18-21(17-24)19-26(20-31,22-9-4-2-5-10-22)23-11-6-3-7-12-23;/h2-7,9-12,21,24-25H,8,13-19H2,1H3;1H/q+1;/p-1/t21?,24-,25+,32?;. The fourth-order valence-corrected chi connectivity index (χ4v) is 6.46. The molecule has 0 saturated carbocycles. The quantitative estimate of drug-likeness (QED) is 0.511.